The Morgan fingerprint density at radius 2 is 2.03 bits per heavy atom. The van der Waals surface area contributed by atoms with Gasteiger partial charge in [0, 0.05) is 63.2 Å². The summed E-state index contributed by atoms with van der Waals surface area (Å²) < 4.78 is 24.9. The van der Waals surface area contributed by atoms with Crippen LogP contribution in [0.5, 0.6) is 0 Å². The number of anilines is 2. The number of nitrogens with zero attached hydrogens (tertiary/aromatic N) is 2. The Labute approximate surface area is 224 Å². The minimum atomic E-state index is -0.690. The predicted octanol–water partition coefficient (Wildman–Crippen LogP) is 1.23. The first-order valence-corrected chi connectivity index (χ1v) is 12.9. The second-order valence-electron chi connectivity index (χ2n) is 9.96. The van der Waals surface area contributed by atoms with Gasteiger partial charge < -0.3 is 35.1 Å². The molecule has 0 bridgehead atoms. The van der Waals surface area contributed by atoms with Crippen LogP contribution in [0.4, 0.5) is 15.8 Å². The third-order valence-corrected chi connectivity index (χ3v) is 7.23. The second-order valence-corrected chi connectivity index (χ2v) is 9.96. The molecular weight excluding hydrogens is 509 g/mol. The molecule has 12 heteroatoms. The quantitative estimate of drug-likeness (QED) is 0.369. The van der Waals surface area contributed by atoms with Gasteiger partial charge >= 0.3 is 0 Å². The number of methoxy groups -OCH3 is 1. The van der Waals surface area contributed by atoms with Gasteiger partial charge in [-0.25, -0.2) is 4.39 Å². The number of morpholine rings is 1. The van der Waals surface area contributed by atoms with Gasteiger partial charge in [-0.15, -0.1) is 0 Å². The van der Waals surface area contributed by atoms with E-state index in [4.69, 9.17) is 9.47 Å². The number of H-pyrrole nitrogens is 1. The number of carbonyl (C=O) groups excluding carboxylic acids is 3. The van der Waals surface area contributed by atoms with Crippen LogP contribution in [0.3, 0.4) is 0 Å². The van der Waals surface area contributed by atoms with Crippen molar-refractivity contribution in [1.82, 2.24) is 14.8 Å². The Hall–Kier alpha value is -3.58. The summed E-state index contributed by atoms with van der Waals surface area (Å²) in [5, 5.41) is 15.8. The van der Waals surface area contributed by atoms with Gasteiger partial charge in [0.25, 0.3) is 11.8 Å². The van der Waals surface area contributed by atoms with E-state index in [2.05, 4.69) is 20.5 Å². The zero-order valence-corrected chi connectivity index (χ0v) is 21.9. The standard InChI is InChI=1S/C27H32FN5O6/c1-15-21(10-18-17-9-19(28)23(30-24(35)14-38-2)11-22(17)31-26(18)36)29-20-3-4-33(27(37)25(15)20)13-16(34)12-32-5-7-39-8-6-32/h9-11,16,29,34H,3-8,12-14H2,1-2H3,(H,30,35)(H,31,36). The normalized spacial score (nSPS) is 19.2. The number of benzene rings is 1. The minimum Gasteiger partial charge on any atom is -0.390 e. The van der Waals surface area contributed by atoms with E-state index in [1.54, 1.807) is 17.9 Å². The van der Waals surface area contributed by atoms with Gasteiger partial charge in [0.1, 0.15) is 12.4 Å². The molecule has 5 rings (SSSR count). The van der Waals surface area contributed by atoms with Crippen molar-refractivity contribution in [2.75, 3.05) is 70.3 Å². The van der Waals surface area contributed by atoms with Gasteiger partial charge in [-0.2, -0.15) is 0 Å². The van der Waals surface area contributed by atoms with E-state index >= 15 is 0 Å². The Balaban J connectivity index is 1.34. The Morgan fingerprint density at radius 1 is 1.26 bits per heavy atom. The van der Waals surface area contributed by atoms with Crippen LogP contribution in [-0.4, -0.2) is 103 Å². The van der Waals surface area contributed by atoms with Gasteiger partial charge in [0.2, 0.25) is 5.91 Å². The number of hydrogen-bond donors (Lipinski definition) is 4. The molecular formula is C27H32FN5O6. The maximum atomic E-state index is 14.8. The number of aromatic amines is 1. The summed E-state index contributed by atoms with van der Waals surface area (Å²) >= 11 is 0. The molecule has 1 aromatic carbocycles. The topological polar surface area (TPSA) is 136 Å². The van der Waals surface area contributed by atoms with E-state index < -0.39 is 23.7 Å². The van der Waals surface area contributed by atoms with Crippen molar-refractivity contribution in [3.8, 4) is 0 Å². The first-order chi connectivity index (χ1) is 18.7. The fourth-order valence-electron chi connectivity index (χ4n) is 5.29. The van der Waals surface area contributed by atoms with Crippen LogP contribution in [0, 0.1) is 12.7 Å². The molecule has 0 saturated carbocycles. The van der Waals surface area contributed by atoms with Crippen molar-refractivity contribution >= 4 is 40.7 Å². The molecule has 2 aromatic rings. The summed E-state index contributed by atoms with van der Waals surface area (Å²) in [5.41, 5.74) is 3.46. The number of fused-ring (bicyclic) bond motifs is 2. The van der Waals surface area contributed by atoms with E-state index in [9.17, 15) is 23.9 Å². The zero-order chi connectivity index (χ0) is 27.7. The molecule has 1 saturated heterocycles. The highest BCUT2D eigenvalue weighted by Gasteiger charge is 2.32. The van der Waals surface area contributed by atoms with Gasteiger partial charge in [-0.05, 0) is 30.7 Å². The minimum absolute atomic E-state index is 0.0645. The van der Waals surface area contributed by atoms with E-state index in [-0.39, 0.29) is 30.3 Å². The summed E-state index contributed by atoms with van der Waals surface area (Å²) in [6.45, 7) is 5.55. The van der Waals surface area contributed by atoms with Crippen molar-refractivity contribution in [3.05, 3.63) is 46.0 Å². The number of halogens is 1. The number of β-amino-alcohol motifs (C(OH)–C–C–N with tert-alkyl or cyclic N) is 1. The lowest BCUT2D eigenvalue weighted by Crippen LogP contribution is -2.47. The largest absolute Gasteiger partial charge is 0.390 e. The average Bonchev–Trinajstić information content (AvgIpc) is 3.37. The molecule has 1 atom stereocenters. The van der Waals surface area contributed by atoms with Crippen LogP contribution in [-0.2, 0) is 25.5 Å². The molecule has 3 amide bonds. The molecule has 39 heavy (non-hydrogen) atoms. The van der Waals surface area contributed by atoms with Crippen LogP contribution in [0.25, 0.3) is 11.6 Å². The van der Waals surface area contributed by atoms with Crippen molar-refractivity contribution in [2.45, 2.75) is 19.4 Å². The van der Waals surface area contributed by atoms with Crippen LogP contribution in [0.1, 0.15) is 32.9 Å². The van der Waals surface area contributed by atoms with Gasteiger partial charge in [0.15, 0.2) is 0 Å². The summed E-state index contributed by atoms with van der Waals surface area (Å²) in [7, 11) is 1.36. The first kappa shape index (κ1) is 27.0. The van der Waals surface area contributed by atoms with Crippen LogP contribution >= 0.6 is 0 Å². The molecule has 208 valence electrons. The number of amides is 3. The van der Waals surface area contributed by atoms with Crippen LogP contribution < -0.4 is 10.6 Å². The molecule has 0 radical (unpaired) electrons. The maximum absolute atomic E-state index is 14.8. The van der Waals surface area contributed by atoms with Crippen molar-refractivity contribution < 1.29 is 33.4 Å². The highest BCUT2D eigenvalue weighted by molar-refractivity contribution is 6.35. The zero-order valence-electron chi connectivity index (χ0n) is 21.9. The Kier molecular flexibility index (Phi) is 7.80. The summed E-state index contributed by atoms with van der Waals surface area (Å²) in [4.78, 5) is 45.0. The Bertz CT molecular complexity index is 1330. The molecule has 11 nitrogen and oxygen atoms in total. The molecule has 1 fully saturated rings. The smallest absolute Gasteiger partial charge is 0.256 e. The summed E-state index contributed by atoms with van der Waals surface area (Å²) in [6, 6.07) is 2.57. The third-order valence-electron chi connectivity index (χ3n) is 7.23. The summed E-state index contributed by atoms with van der Waals surface area (Å²) in [6.07, 6.45) is 1.52. The summed E-state index contributed by atoms with van der Waals surface area (Å²) in [5.74, 6) is -1.80. The van der Waals surface area contributed by atoms with Gasteiger partial charge in [0.05, 0.1) is 41.8 Å². The lowest BCUT2D eigenvalue weighted by Gasteiger charge is -2.32. The van der Waals surface area contributed by atoms with E-state index in [1.165, 1.54) is 19.2 Å². The fraction of sp³-hybridized carbons (Fsp3) is 0.444. The molecule has 3 aliphatic rings. The molecule has 0 spiro atoms. The van der Waals surface area contributed by atoms with E-state index in [1.807, 2.05) is 0 Å². The Morgan fingerprint density at radius 3 is 2.77 bits per heavy atom. The SMILES string of the molecule is COCC(=O)Nc1cc2c(cc1F)C(=Cc1[nH]c3c(c1C)C(=O)N(CC(O)CN1CCOCC1)CC3)C(=O)N2. The number of aliphatic hydroxyl groups is 1. The van der Waals surface area contributed by atoms with Crippen molar-refractivity contribution in [2.24, 2.45) is 0 Å². The molecule has 1 aromatic heterocycles. The number of rotatable bonds is 8. The molecule has 4 N–H and O–H groups in total. The number of aromatic nitrogens is 1. The number of hydrogen-bond acceptors (Lipinski definition) is 7. The second kappa shape index (κ2) is 11.3. The highest BCUT2D eigenvalue weighted by Crippen LogP contribution is 2.37. The fourth-order valence-corrected chi connectivity index (χ4v) is 5.29. The van der Waals surface area contributed by atoms with Gasteiger partial charge in [-0.1, -0.05) is 0 Å². The highest BCUT2D eigenvalue weighted by atomic mass is 19.1. The van der Waals surface area contributed by atoms with E-state index in [0.717, 1.165) is 18.8 Å². The molecule has 0 aliphatic carbocycles. The van der Waals surface area contributed by atoms with Crippen molar-refractivity contribution in [1.29, 1.82) is 0 Å². The molecule has 3 aliphatic heterocycles. The number of aliphatic hydroxyl groups excluding tert-OH is 1. The lowest BCUT2D eigenvalue weighted by molar-refractivity contribution is -0.119. The number of ether oxygens (including phenoxy) is 2. The monoisotopic (exact) mass is 541 g/mol. The maximum Gasteiger partial charge on any atom is 0.256 e. The third kappa shape index (κ3) is 5.59. The van der Waals surface area contributed by atoms with Crippen molar-refractivity contribution in [3.63, 3.8) is 0 Å². The first-order valence-electron chi connectivity index (χ1n) is 12.9. The lowest BCUT2D eigenvalue weighted by atomic mass is 10.0. The van der Waals surface area contributed by atoms with E-state index in [0.29, 0.717) is 60.8 Å². The average molecular weight is 542 g/mol. The van der Waals surface area contributed by atoms with Crippen LogP contribution in [0.15, 0.2) is 12.1 Å². The molecule has 4 heterocycles. The molecule has 1 unspecified atom stereocenters. The number of carbonyl (C=O) groups is 3. The van der Waals surface area contributed by atoms with Crippen LogP contribution in [0.2, 0.25) is 0 Å². The predicted molar refractivity (Wildman–Crippen MR) is 142 cm³/mol. The van der Waals surface area contributed by atoms with Gasteiger partial charge in [-0.3, -0.25) is 19.3 Å². The number of nitrogens with one attached hydrogen (secondary N) is 3.